The van der Waals surface area contributed by atoms with E-state index in [4.69, 9.17) is 4.74 Å². The Kier molecular flexibility index (Phi) is 5.95. The number of hydrogen-bond donors (Lipinski definition) is 1. The predicted octanol–water partition coefficient (Wildman–Crippen LogP) is 4.06. The Balaban J connectivity index is 1.84. The van der Waals surface area contributed by atoms with Crippen LogP contribution in [-0.2, 0) is 11.3 Å². The number of ether oxygens (including phenoxy) is 1. The van der Waals surface area contributed by atoms with Gasteiger partial charge in [0.05, 0.1) is 28.4 Å². The molecular weight excluding hydrogens is 406 g/mol. The molecule has 0 spiro atoms. The third-order valence-corrected chi connectivity index (χ3v) is 4.18. The molecule has 1 amide bonds. The first-order valence-electron chi connectivity index (χ1n) is 9.15. The topological polar surface area (TPSA) is 142 Å². The highest BCUT2D eigenvalue weighted by Gasteiger charge is 2.20. The standard InChI is InChI=1S/C20H19N5O6/c1-12-4-13(2)6-17(5-12)31-18-9-15(8-16(10-18)24(27)28)21-19(26)11-23-20(25(29)30)7-14(3)22-23/h4-10H,11H2,1-3H3,(H,21,26). The number of nitrogens with zero attached hydrogens (tertiary/aromatic N) is 4. The van der Waals surface area contributed by atoms with Gasteiger partial charge in [-0.2, -0.15) is 0 Å². The molecule has 3 aromatic rings. The molecule has 0 atom stereocenters. The van der Waals surface area contributed by atoms with Gasteiger partial charge in [-0.15, -0.1) is 4.68 Å². The van der Waals surface area contributed by atoms with Crippen LogP contribution in [-0.4, -0.2) is 25.5 Å². The van der Waals surface area contributed by atoms with Crippen LogP contribution in [0, 0.1) is 41.0 Å². The van der Waals surface area contributed by atoms with Crippen molar-refractivity contribution in [2.24, 2.45) is 0 Å². The Bertz CT molecular complexity index is 1170. The molecule has 0 fully saturated rings. The third-order valence-electron chi connectivity index (χ3n) is 4.18. The molecule has 0 saturated carbocycles. The second kappa shape index (κ2) is 8.61. The number of aromatic nitrogens is 2. The van der Waals surface area contributed by atoms with E-state index in [0.29, 0.717) is 11.4 Å². The van der Waals surface area contributed by atoms with Gasteiger partial charge in [-0.1, -0.05) is 11.2 Å². The van der Waals surface area contributed by atoms with E-state index < -0.39 is 22.3 Å². The minimum Gasteiger partial charge on any atom is -0.457 e. The van der Waals surface area contributed by atoms with Crippen LogP contribution >= 0.6 is 0 Å². The summed E-state index contributed by atoms with van der Waals surface area (Å²) >= 11 is 0. The number of carbonyl (C=O) groups is 1. The van der Waals surface area contributed by atoms with E-state index in [9.17, 15) is 25.0 Å². The molecule has 11 heteroatoms. The number of amides is 1. The quantitative estimate of drug-likeness (QED) is 0.444. The molecule has 3 rings (SSSR count). The molecule has 1 N–H and O–H groups in total. The van der Waals surface area contributed by atoms with Crippen LogP contribution in [0.1, 0.15) is 16.8 Å². The molecule has 0 aliphatic heterocycles. The molecule has 0 aliphatic rings. The Labute approximate surface area is 176 Å². The molecule has 0 bridgehead atoms. The molecule has 2 aromatic carbocycles. The van der Waals surface area contributed by atoms with Crippen LogP contribution in [0.25, 0.3) is 0 Å². The van der Waals surface area contributed by atoms with Crippen molar-refractivity contribution in [1.82, 2.24) is 9.78 Å². The number of nitro benzene ring substituents is 1. The van der Waals surface area contributed by atoms with E-state index in [1.54, 1.807) is 19.1 Å². The summed E-state index contributed by atoms with van der Waals surface area (Å²) in [6.07, 6.45) is 0. The number of nitrogens with one attached hydrogen (secondary N) is 1. The van der Waals surface area contributed by atoms with E-state index >= 15 is 0 Å². The Morgan fingerprint density at radius 2 is 1.61 bits per heavy atom. The second-order valence-corrected chi connectivity index (χ2v) is 7.01. The van der Waals surface area contributed by atoms with Gasteiger partial charge in [-0.05, 0) is 49.0 Å². The largest absolute Gasteiger partial charge is 0.457 e. The van der Waals surface area contributed by atoms with Gasteiger partial charge < -0.3 is 20.2 Å². The lowest BCUT2D eigenvalue weighted by molar-refractivity contribution is -0.392. The highest BCUT2D eigenvalue weighted by Crippen LogP contribution is 2.30. The van der Waals surface area contributed by atoms with Crippen molar-refractivity contribution < 1.29 is 19.4 Å². The first-order valence-corrected chi connectivity index (χ1v) is 9.15. The van der Waals surface area contributed by atoms with Gasteiger partial charge in [-0.3, -0.25) is 14.9 Å². The maximum Gasteiger partial charge on any atom is 0.345 e. The van der Waals surface area contributed by atoms with Crippen molar-refractivity contribution in [3.05, 3.63) is 79.5 Å². The van der Waals surface area contributed by atoms with Crippen LogP contribution < -0.4 is 10.1 Å². The fourth-order valence-electron chi connectivity index (χ4n) is 3.08. The summed E-state index contributed by atoms with van der Waals surface area (Å²) in [4.78, 5) is 33.5. The van der Waals surface area contributed by atoms with Gasteiger partial charge >= 0.3 is 5.82 Å². The zero-order valence-electron chi connectivity index (χ0n) is 17.0. The lowest BCUT2D eigenvalue weighted by Crippen LogP contribution is -2.20. The first-order chi connectivity index (χ1) is 14.6. The predicted molar refractivity (Wildman–Crippen MR) is 111 cm³/mol. The van der Waals surface area contributed by atoms with Crippen molar-refractivity contribution in [3.63, 3.8) is 0 Å². The number of aryl methyl sites for hydroxylation is 3. The summed E-state index contributed by atoms with van der Waals surface area (Å²) in [5.41, 5.74) is 2.15. The number of non-ortho nitro benzene ring substituents is 1. The number of nitro groups is 2. The van der Waals surface area contributed by atoms with Gasteiger partial charge in [0.15, 0.2) is 6.54 Å². The second-order valence-electron chi connectivity index (χ2n) is 7.01. The summed E-state index contributed by atoms with van der Waals surface area (Å²) in [6.45, 7) is 4.93. The lowest BCUT2D eigenvalue weighted by Gasteiger charge is -2.10. The minimum absolute atomic E-state index is 0.116. The van der Waals surface area contributed by atoms with Crippen molar-refractivity contribution in [2.45, 2.75) is 27.3 Å². The summed E-state index contributed by atoms with van der Waals surface area (Å²) in [5, 5.41) is 28.8. The highest BCUT2D eigenvalue weighted by atomic mass is 16.6. The van der Waals surface area contributed by atoms with E-state index in [0.717, 1.165) is 15.8 Å². The van der Waals surface area contributed by atoms with Crippen molar-refractivity contribution in [3.8, 4) is 11.5 Å². The molecule has 1 heterocycles. The summed E-state index contributed by atoms with van der Waals surface area (Å²) in [6, 6.07) is 10.6. The fraction of sp³-hybridized carbons (Fsp3) is 0.200. The number of benzene rings is 2. The lowest BCUT2D eigenvalue weighted by atomic mass is 10.1. The first kappa shape index (κ1) is 21.4. The van der Waals surface area contributed by atoms with Crippen LogP contribution in [0.3, 0.4) is 0 Å². The molecule has 160 valence electrons. The average molecular weight is 425 g/mol. The Hall–Kier alpha value is -4.28. The zero-order chi connectivity index (χ0) is 22.7. The molecule has 0 radical (unpaired) electrons. The normalized spacial score (nSPS) is 10.5. The average Bonchev–Trinajstić information content (AvgIpc) is 3.00. The highest BCUT2D eigenvalue weighted by molar-refractivity contribution is 5.91. The number of rotatable bonds is 7. The molecule has 1 aromatic heterocycles. The van der Waals surface area contributed by atoms with Crippen LogP contribution in [0.4, 0.5) is 17.2 Å². The molecular formula is C20H19N5O6. The fourth-order valence-corrected chi connectivity index (χ4v) is 3.08. The van der Waals surface area contributed by atoms with Gasteiger partial charge in [0.1, 0.15) is 11.5 Å². The number of carbonyl (C=O) groups excluding carboxylic acids is 1. The molecule has 0 aliphatic carbocycles. The van der Waals surface area contributed by atoms with Crippen molar-refractivity contribution in [1.29, 1.82) is 0 Å². The van der Waals surface area contributed by atoms with Crippen LogP contribution in [0.2, 0.25) is 0 Å². The minimum atomic E-state index is -0.642. The summed E-state index contributed by atoms with van der Waals surface area (Å²) in [7, 11) is 0. The SMILES string of the molecule is Cc1cc(C)cc(Oc2cc(NC(=O)Cn3nc(C)cc3[N+](=O)[O-])cc([N+](=O)[O-])c2)c1. The Morgan fingerprint density at radius 1 is 0.968 bits per heavy atom. The monoisotopic (exact) mass is 425 g/mol. The molecule has 0 unspecified atom stereocenters. The van der Waals surface area contributed by atoms with Gasteiger partial charge in [-0.25, -0.2) is 0 Å². The Morgan fingerprint density at radius 3 is 2.23 bits per heavy atom. The van der Waals surface area contributed by atoms with Gasteiger partial charge in [0, 0.05) is 12.1 Å². The van der Waals surface area contributed by atoms with Crippen LogP contribution in [0.15, 0.2) is 42.5 Å². The zero-order valence-corrected chi connectivity index (χ0v) is 17.0. The van der Waals surface area contributed by atoms with E-state index in [-0.39, 0.29) is 22.9 Å². The molecule has 31 heavy (non-hydrogen) atoms. The van der Waals surface area contributed by atoms with Gasteiger partial charge in [0.2, 0.25) is 0 Å². The maximum atomic E-state index is 12.4. The smallest absolute Gasteiger partial charge is 0.345 e. The molecule has 11 nitrogen and oxygen atoms in total. The number of anilines is 1. The number of hydrogen-bond acceptors (Lipinski definition) is 7. The van der Waals surface area contributed by atoms with Crippen molar-refractivity contribution in [2.75, 3.05) is 5.32 Å². The van der Waals surface area contributed by atoms with Crippen LogP contribution in [0.5, 0.6) is 11.5 Å². The van der Waals surface area contributed by atoms with Gasteiger partial charge in [0.25, 0.3) is 11.6 Å². The van der Waals surface area contributed by atoms with E-state index in [2.05, 4.69) is 10.4 Å². The summed E-state index contributed by atoms with van der Waals surface area (Å²) < 4.78 is 6.72. The molecule has 0 saturated heterocycles. The van der Waals surface area contributed by atoms with Crippen molar-refractivity contribution >= 4 is 23.1 Å². The maximum absolute atomic E-state index is 12.4. The summed E-state index contributed by atoms with van der Waals surface area (Å²) in [5.74, 6) is -0.303. The third kappa shape index (κ3) is 5.41. The van der Waals surface area contributed by atoms with E-state index in [1.165, 1.54) is 24.3 Å². The van der Waals surface area contributed by atoms with E-state index in [1.807, 2.05) is 19.9 Å².